The van der Waals surface area contributed by atoms with E-state index in [1.165, 1.54) is 4.90 Å². The van der Waals surface area contributed by atoms with Crippen LogP contribution in [-0.2, 0) is 16.0 Å². The Labute approximate surface area is 175 Å². The maximum Gasteiger partial charge on any atom is 0.294 e. The number of ketones is 1. The van der Waals surface area contributed by atoms with Crippen LogP contribution in [0.2, 0.25) is 0 Å². The van der Waals surface area contributed by atoms with Crippen molar-refractivity contribution in [3.63, 3.8) is 0 Å². The number of anilines is 1. The Morgan fingerprint density at radius 1 is 1.00 bits per heavy atom. The summed E-state index contributed by atoms with van der Waals surface area (Å²) in [4.78, 5) is 27.6. The van der Waals surface area contributed by atoms with Crippen molar-refractivity contribution < 1.29 is 19.1 Å². The Morgan fingerprint density at radius 3 is 2.33 bits per heavy atom. The normalized spacial score (nSPS) is 16.4. The third-order valence-electron chi connectivity index (χ3n) is 5.33. The molecule has 3 aromatic rings. The molecule has 2 heterocycles. The lowest BCUT2D eigenvalue weighted by Crippen LogP contribution is -2.30. The Bertz CT molecular complexity index is 1110. The molecule has 0 saturated heterocycles. The van der Waals surface area contributed by atoms with E-state index in [2.05, 4.69) is 0 Å². The fourth-order valence-corrected chi connectivity index (χ4v) is 3.77. The fourth-order valence-electron chi connectivity index (χ4n) is 3.77. The maximum atomic E-state index is 13.2. The lowest BCUT2D eigenvalue weighted by atomic mass is 9.96. The van der Waals surface area contributed by atoms with E-state index in [-0.39, 0.29) is 17.8 Å². The van der Waals surface area contributed by atoms with Gasteiger partial charge in [-0.25, -0.2) is 0 Å². The average molecular weight is 401 g/mol. The molecule has 0 radical (unpaired) electrons. The van der Waals surface area contributed by atoms with Crippen molar-refractivity contribution in [2.45, 2.75) is 32.7 Å². The second-order valence-electron chi connectivity index (χ2n) is 7.53. The van der Waals surface area contributed by atoms with Crippen LogP contribution in [0.3, 0.4) is 0 Å². The molecule has 0 fully saturated rings. The Hall–Kier alpha value is -3.60. The number of hydrogen-bond donors (Lipinski definition) is 1. The van der Waals surface area contributed by atoms with Crippen molar-refractivity contribution in [2.75, 3.05) is 4.90 Å². The summed E-state index contributed by atoms with van der Waals surface area (Å²) in [5.74, 6) is -0.246. The van der Waals surface area contributed by atoms with Crippen molar-refractivity contribution in [3.8, 4) is 0 Å². The van der Waals surface area contributed by atoms with E-state index < -0.39 is 17.7 Å². The Balaban J connectivity index is 1.70. The van der Waals surface area contributed by atoms with E-state index in [0.29, 0.717) is 23.6 Å². The monoisotopic (exact) mass is 401 g/mol. The zero-order valence-corrected chi connectivity index (χ0v) is 17.0. The SMILES string of the molecule is Cc1ccc(N2C(=O)C(O)=C(C(=O)CCc3ccccc3)C2c2ccc(C)o2)cc1. The number of rotatable bonds is 6. The van der Waals surface area contributed by atoms with E-state index >= 15 is 0 Å². The molecule has 0 aliphatic carbocycles. The molecule has 5 heteroatoms. The van der Waals surface area contributed by atoms with Crippen LogP contribution in [-0.4, -0.2) is 16.8 Å². The minimum Gasteiger partial charge on any atom is -0.503 e. The van der Waals surface area contributed by atoms with E-state index in [9.17, 15) is 14.7 Å². The molecule has 1 amide bonds. The average Bonchev–Trinajstić information content (AvgIpc) is 3.29. The number of aryl methyl sites for hydroxylation is 3. The number of aliphatic hydroxyl groups excluding tert-OH is 1. The van der Waals surface area contributed by atoms with Gasteiger partial charge in [-0.05, 0) is 50.1 Å². The highest BCUT2D eigenvalue weighted by atomic mass is 16.3. The molecule has 2 aromatic carbocycles. The molecule has 1 atom stereocenters. The second kappa shape index (κ2) is 8.03. The molecule has 4 rings (SSSR count). The second-order valence-corrected chi connectivity index (χ2v) is 7.53. The first-order valence-electron chi connectivity index (χ1n) is 9.92. The summed E-state index contributed by atoms with van der Waals surface area (Å²) in [7, 11) is 0. The first kappa shape index (κ1) is 19.7. The predicted octanol–water partition coefficient (Wildman–Crippen LogP) is 5.00. The zero-order valence-electron chi connectivity index (χ0n) is 17.0. The number of carbonyl (C=O) groups is 2. The standard InChI is InChI=1S/C25H23NO4/c1-16-8-12-19(13-9-16)26-23(21-15-10-17(2)30-21)22(24(28)25(26)29)20(27)14-11-18-6-4-3-5-7-18/h3-10,12-13,15,23,28H,11,14H2,1-2H3. The topological polar surface area (TPSA) is 70.8 Å². The van der Waals surface area contributed by atoms with Gasteiger partial charge in [0.05, 0.1) is 5.57 Å². The van der Waals surface area contributed by atoms with Crippen LogP contribution in [0.1, 0.15) is 35.1 Å². The number of furan rings is 1. The molecule has 1 aliphatic heterocycles. The fraction of sp³-hybridized carbons (Fsp3) is 0.200. The summed E-state index contributed by atoms with van der Waals surface area (Å²) < 4.78 is 5.79. The van der Waals surface area contributed by atoms with Gasteiger partial charge in [0.1, 0.15) is 17.6 Å². The molecule has 1 aliphatic rings. The van der Waals surface area contributed by atoms with E-state index in [1.807, 2.05) is 49.4 Å². The third kappa shape index (κ3) is 3.66. The molecule has 5 nitrogen and oxygen atoms in total. The molecular weight excluding hydrogens is 378 g/mol. The van der Waals surface area contributed by atoms with Crippen molar-refractivity contribution in [3.05, 3.63) is 101 Å². The lowest BCUT2D eigenvalue weighted by Gasteiger charge is -2.25. The van der Waals surface area contributed by atoms with Gasteiger partial charge in [-0.1, -0.05) is 48.0 Å². The van der Waals surface area contributed by atoms with Gasteiger partial charge in [-0.15, -0.1) is 0 Å². The van der Waals surface area contributed by atoms with Gasteiger partial charge < -0.3 is 9.52 Å². The highest BCUT2D eigenvalue weighted by molar-refractivity contribution is 6.16. The summed E-state index contributed by atoms with van der Waals surface area (Å²) >= 11 is 0. The summed E-state index contributed by atoms with van der Waals surface area (Å²) in [6.07, 6.45) is 0.716. The number of aliphatic hydroxyl groups is 1. The predicted molar refractivity (Wildman–Crippen MR) is 114 cm³/mol. The highest BCUT2D eigenvalue weighted by Gasteiger charge is 2.45. The van der Waals surface area contributed by atoms with Gasteiger partial charge in [-0.2, -0.15) is 0 Å². The number of amides is 1. The molecule has 1 unspecified atom stereocenters. The van der Waals surface area contributed by atoms with Gasteiger partial charge in [-0.3, -0.25) is 14.5 Å². The van der Waals surface area contributed by atoms with Crippen LogP contribution < -0.4 is 4.90 Å². The smallest absolute Gasteiger partial charge is 0.294 e. The van der Waals surface area contributed by atoms with E-state index in [1.54, 1.807) is 31.2 Å². The summed E-state index contributed by atoms with van der Waals surface area (Å²) in [5, 5.41) is 10.7. The van der Waals surface area contributed by atoms with Crippen molar-refractivity contribution >= 4 is 17.4 Å². The molecular formula is C25H23NO4. The van der Waals surface area contributed by atoms with Crippen molar-refractivity contribution in [1.29, 1.82) is 0 Å². The summed E-state index contributed by atoms with van der Waals surface area (Å²) in [5.41, 5.74) is 2.76. The number of hydrogen-bond acceptors (Lipinski definition) is 4. The zero-order chi connectivity index (χ0) is 21.3. The molecule has 1 aromatic heterocycles. The van der Waals surface area contributed by atoms with Crippen molar-refractivity contribution in [2.24, 2.45) is 0 Å². The van der Waals surface area contributed by atoms with Gasteiger partial charge >= 0.3 is 0 Å². The maximum absolute atomic E-state index is 13.2. The summed E-state index contributed by atoms with van der Waals surface area (Å²) in [6, 6.07) is 19.8. The molecule has 0 spiro atoms. The molecule has 30 heavy (non-hydrogen) atoms. The first-order chi connectivity index (χ1) is 14.5. The van der Waals surface area contributed by atoms with Crippen LogP contribution in [0.25, 0.3) is 0 Å². The third-order valence-corrected chi connectivity index (χ3v) is 5.33. The van der Waals surface area contributed by atoms with Gasteiger partial charge in [0.2, 0.25) is 0 Å². The Morgan fingerprint density at radius 2 is 1.70 bits per heavy atom. The van der Waals surface area contributed by atoms with Gasteiger partial charge in [0.15, 0.2) is 11.5 Å². The van der Waals surface area contributed by atoms with Crippen LogP contribution in [0.5, 0.6) is 0 Å². The van der Waals surface area contributed by atoms with Gasteiger partial charge in [0, 0.05) is 12.1 Å². The highest BCUT2D eigenvalue weighted by Crippen LogP contribution is 2.42. The lowest BCUT2D eigenvalue weighted by molar-refractivity contribution is -0.118. The first-order valence-corrected chi connectivity index (χ1v) is 9.92. The Kier molecular flexibility index (Phi) is 5.27. The number of carbonyl (C=O) groups excluding carboxylic acids is 2. The number of benzene rings is 2. The number of nitrogens with zero attached hydrogens (tertiary/aromatic N) is 1. The molecule has 1 N–H and O–H groups in total. The van der Waals surface area contributed by atoms with Gasteiger partial charge in [0.25, 0.3) is 5.91 Å². The molecule has 0 bridgehead atoms. The summed E-state index contributed by atoms with van der Waals surface area (Å²) in [6.45, 7) is 3.76. The molecule has 152 valence electrons. The van der Waals surface area contributed by atoms with Crippen LogP contribution in [0, 0.1) is 13.8 Å². The largest absolute Gasteiger partial charge is 0.503 e. The van der Waals surface area contributed by atoms with Crippen LogP contribution in [0.4, 0.5) is 5.69 Å². The van der Waals surface area contributed by atoms with Crippen molar-refractivity contribution in [1.82, 2.24) is 0 Å². The van der Waals surface area contributed by atoms with E-state index in [4.69, 9.17) is 4.42 Å². The number of Topliss-reactive ketones (excluding diaryl/α,β-unsaturated/α-hetero) is 1. The van der Waals surface area contributed by atoms with Crippen LogP contribution in [0.15, 0.2) is 82.5 Å². The quantitative estimate of drug-likeness (QED) is 0.631. The van der Waals surface area contributed by atoms with E-state index in [0.717, 1.165) is 11.1 Å². The minimum absolute atomic E-state index is 0.0888. The minimum atomic E-state index is -0.794. The molecule has 0 saturated carbocycles. The van der Waals surface area contributed by atoms with Crippen LogP contribution >= 0.6 is 0 Å².